The van der Waals surface area contributed by atoms with Gasteiger partial charge in [0.2, 0.25) is 0 Å². The molecule has 0 amide bonds. The minimum Gasteiger partial charge on any atom is -0.393 e. The summed E-state index contributed by atoms with van der Waals surface area (Å²) in [5.41, 5.74) is 7.31. The van der Waals surface area contributed by atoms with Crippen molar-refractivity contribution in [3.05, 3.63) is 0 Å². The molecule has 0 aromatic rings. The van der Waals surface area contributed by atoms with Crippen molar-refractivity contribution in [2.75, 3.05) is 0 Å². The van der Waals surface area contributed by atoms with Gasteiger partial charge in [-0.15, -0.1) is 0 Å². The monoisotopic (exact) mass is 405 g/mol. The van der Waals surface area contributed by atoms with E-state index in [1.165, 1.54) is 38.5 Å². The zero-order chi connectivity index (χ0) is 21.2. The highest BCUT2D eigenvalue weighted by molar-refractivity contribution is 5.17. The van der Waals surface area contributed by atoms with E-state index in [2.05, 4.69) is 20.8 Å². The molecule has 3 heteroatoms. The molecule has 4 rings (SSSR count). The predicted molar refractivity (Wildman–Crippen MR) is 119 cm³/mol. The molecule has 0 aromatic heterocycles. The molecular formula is C26H47NO2. The van der Waals surface area contributed by atoms with Crippen molar-refractivity contribution in [2.45, 2.75) is 122 Å². The van der Waals surface area contributed by atoms with Crippen molar-refractivity contribution >= 4 is 0 Å². The van der Waals surface area contributed by atoms with E-state index in [0.29, 0.717) is 11.3 Å². The molecule has 0 aromatic carbocycles. The van der Waals surface area contributed by atoms with Gasteiger partial charge in [-0.1, -0.05) is 20.8 Å². The molecule has 0 bridgehead atoms. The van der Waals surface area contributed by atoms with Crippen molar-refractivity contribution < 1.29 is 10.2 Å². The number of hydrogen-bond donors (Lipinski definition) is 3. The minimum atomic E-state index is -0.598. The molecule has 168 valence electrons. The summed E-state index contributed by atoms with van der Waals surface area (Å²) in [5.74, 6) is 3.61. The maximum atomic E-state index is 10.3. The average molecular weight is 406 g/mol. The second kappa shape index (κ2) is 7.20. The highest BCUT2D eigenvalue weighted by atomic mass is 16.3. The third-order valence-electron chi connectivity index (χ3n) is 11.0. The Morgan fingerprint density at radius 1 is 1.00 bits per heavy atom. The average Bonchev–Trinajstić information content (AvgIpc) is 2.92. The normalized spacial score (nSPS) is 51.1. The van der Waals surface area contributed by atoms with Crippen LogP contribution in [0.15, 0.2) is 0 Å². The Kier molecular flexibility index (Phi) is 5.49. The Bertz CT molecular complexity index is 614. The first-order valence-corrected chi connectivity index (χ1v) is 12.6. The van der Waals surface area contributed by atoms with E-state index in [9.17, 15) is 10.2 Å². The van der Waals surface area contributed by atoms with Crippen molar-refractivity contribution in [1.29, 1.82) is 0 Å². The maximum absolute atomic E-state index is 10.3. The van der Waals surface area contributed by atoms with Gasteiger partial charge in [-0.3, -0.25) is 0 Å². The highest BCUT2D eigenvalue weighted by Gasteiger charge is 2.64. The van der Waals surface area contributed by atoms with Crippen LogP contribution in [0.5, 0.6) is 0 Å². The molecule has 4 aliphatic rings. The molecule has 4 N–H and O–H groups in total. The van der Waals surface area contributed by atoms with Gasteiger partial charge >= 0.3 is 0 Å². The zero-order valence-corrected chi connectivity index (χ0v) is 19.7. The molecule has 4 saturated carbocycles. The van der Waals surface area contributed by atoms with Gasteiger partial charge in [0.05, 0.1) is 11.7 Å². The van der Waals surface area contributed by atoms with Gasteiger partial charge in [-0.25, -0.2) is 0 Å². The smallest absolute Gasteiger partial charge is 0.0591 e. The van der Waals surface area contributed by atoms with E-state index in [4.69, 9.17) is 5.73 Å². The van der Waals surface area contributed by atoms with Crippen LogP contribution in [-0.4, -0.2) is 27.5 Å². The van der Waals surface area contributed by atoms with Gasteiger partial charge in [0.25, 0.3) is 0 Å². The molecule has 0 spiro atoms. The number of aliphatic hydroxyl groups is 2. The van der Waals surface area contributed by atoms with E-state index >= 15 is 0 Å². The van der Waals surface area contributed by atoms with Crippen molar-refractivity contribution in [3.63, 3.8) is 0 Å². The fourth-order valence-electron chi connectivity index (χ4n) is 8.98. The topological polar surface area (TPSA) is 66.5 Å². The summed E-state index contributed by atoms with van der Waals surface area (Å²) in [7, 11) is 0. The first kappa shape index (κ1) is 22.1. The predicted octanol–water partition coefficient (Wildman–Crippen LogP) is 5.27. The number of fused-ring (bicyclic) bond motifs is 5. The van der Waals surface area contributed by atoms with Gasteiger partial charge in [0.15, 0.2) is 0 Å². The molecule has 4 unspecified atom stereocenters. The van der Waals surface area contributed by atoms with Gasteiger partial charge < -0.3 is 15.9 Å². The van der Waals surface area contributed by atoms with Crippen LogP contribution < -0.4 is 5.73 Å². The third-order valence-corrected chi connectivity index (χ3v) is 11.0. The molecule has 3 nitrogen and oxygen atoms in total. The standard InChI is InChI=1S/C26H47NO2/c1-17(8-12-23(2,3)29)26(27)15-11-22-20-7-6-18-16-19(28)9-13-24(18,4)21(20)10-14-25(22,26)5/h17-22,28-29H,6-16,27H2,1-5H3/t17-,18+,19?,20?,21?,22?,24+,25+,26+/m1/s1. The Balaban J connectivity index is 1.54. The quantitative estimate of drug-likeness (QED) is 0.596. The lowest BCUT2D eigenvalue weighted by molar-refractivity contribution is -0.132. The van der Waals surface area contributed by atoms with Crippen LogP contribution in [0, 0.1) is 40.4 Å². The largest absolute Gasteiger partial charge is 0.393 e. The van der Waals surface area contributed by atoms with Gasteiger partial charge in [0, 0.05) is 5.54 Å². The molecule has 4 fully saturated rings. The number of hydrogen-bond acceptors (Lipinski definition) is 3. The molecule has 0 heterocycles. The summed E-state index contributed by atoms with van der Waals surface area (Å²) in [4.78, 5) is 0. The molecule has 29 heavy (non-hydrogen) atoms. The van der Waals surface area contributed by atoms with E-state index in [-0.39, 0.29) is 17.1 Å². The fraction of sp³-hybridized carbons (Fsp3) is 1.00. The van der Waals surface area contributed by atoms with E-state index in [1.54, 1.807) is 0 Å². The van der Waals surface area contributed by atoms with Crippen molar-refractivity contribution in [2.24, 2.45) is 46.2 Å². The lowest BCUT2D eigenvalue weighted by atomic mass is 9.43. The van der Waals surface area contributed by atoms with Crippen molar-refractivity contribution in [1.82, 2.24) is 0 Å². The van der Waals surface area contributed by atoms with E-state index in [0.717, 1.165) is 55.8 Å². The van der Waals surface area contributed by atoms with Crippen LogP contribution in [0.4, 0.5) is 0 Å². The summed E-state index contributed by atoms with van der Waals surface area (Å²) >= 11 is 0. The van der Waals surface area contributed by atoms with Gasteiger partial charge in [0.1, 0.15) is 0 Å². The molecule has 0 saturated heterocycles. The molecule has 0 radical (unpaired) electrons. The number of nitrogens with two attached hydrogens (primary N) is 1. The zero-order valence-electron chi connectivity index (χ0n) is 19.7. The summed E-state index contributed by atoms with van der Waals surface area (Å²) in [6.07, 6.45) is 12.8. The number of aliphatic hydroxyl groups excluding tert-OH is 1. The Morgan fingerprint density at radius 2 is 1.69 bits per heavy atom. The van der Waals surface area contributed by atoms with Crippen LogP contribution >= 0.6 is 0 Å². The summed E-state index contributed by atoms with van der Waals surface area (Å²) in [6, 6.07) is 0. The SMILES string of the molecule is C[C@H](CCC(C)(C)O)[C@@]1(N)CCC2C3CC[C@H]4CC(O)CC[C@]4(C)C3CC[C@@]21C. The number of rotatable bonds is 4. The summed E-state index contributed by atoms with van der Waals surface area (Å²) in [5, 5.41) is 20.5. The van der Waals surface area contributed by atoms with Crippen LogP contribution in [-0.2, 0) is 0 Å². The Labute approximate surface area is 179 Å². The molecular weight excluding hydrogens is 358 g/mol. The minimum absolute atomic E-state index is 0.0571. The molecule has 4 aliphatic carbocycles. The lowest BCUT2D eigenvalue weighted by Crippen LogP contribution is -2.61. The first-order chi connectivity index (χ1) is 13.4. The Hall–Kier alpha value is -0.120. The molecule has 9 atom stereocenters. The van der Waals surface area contributed by atoms with Gasteiger partial charge in [-0.05, 0) is 125 Å². The van der Waals surface area contributed by atoms with Crippen LogP contribution in [0.25, 0.3) is 0 Å². The summed E-state index contributed by atoms with van der Waals surface area (Å²) in [6.45, 7) is 11.3. The summed E-state index contributed by atoms with van der Waals surface area (Å²) < 4.78 is 0. The molecule has 0 aliphatic heterocycles. The van der Waals surface area contributed by atoms with Crippen LogP contribution in [0.3, 0.4) is 0 Å². The van der Waals surface area contributed by atoms with Gasteiger partial charge in [-0.2, -0.15) is 0 Å². The van der Waals surface area contributed by atoms with E-state index in [1.807, 2.05) is 13.8 Å². The fourth-order valence-corrected chi connectivity index (χ4v) is 8.98. The van der Waals surface area contributed by atoms with Crippen molar-refractivity contribution in [3.8, 4) is 0 Å². The van der Waals surface area contributed by atoms with Crippen LogP contribution in [0.2, 0.25) is 0 Å². The second-order valence-corrected chi connectivity index (χ2v) is 12.9. The lowest BCUT2D eigenvalue weighted by Gasteiger charge is -2.62. The van der Waals surface area contributed by atoms with Crippen LogP contribution in [0.1, 0.15) is 105 Å². The second-order valence-electron chi connectivity index (χ2n) is 12.9. The first-order valence-electron chi connectivity index (χ1n) is 12.6. The third kappa shape index (κ3) is 3.42. The maximum Gasteiger partial charge on any atom is 0.0591 e. The Morgan fingerprint density at radius 3 is 2.38 bits per heavy atom. The highest BCUT2D eigenvalue weighted by Crippen LogP contribution is 2.68. The van der Waals surface area contributed by atoms with E-state index < -0.39 is 5.60 Å².